The van der Waals surface area contributed by atoms with Gasteiger partial charge in [-0.05, 0) is 23.8 Å². The Labute approximate surface area is 97.3 Å². The second-order valence-electron chi connectivity index (χ2n) is 4.84. The number of ether oxygens (including phenoxy) is 1. The van der Waals surface area contributed by atoms with Crippen LogP contribution in [-0.2, 0) is 4.74 Å². The number of rotatable bonds is 5. The van der Waals surface area contributed by atoms with E-state index in [1.807, 2.05) is 6.07 Å². The number of benzene rings is 1. The fourth-order valence-electron chi connectivity index (χ4n) is 2.46. The van der Waals surface area contributed by atoms with Crippen LogP contribution in [0.15, 0.2) is 30.3 Å². The van der Waals surface area contributed by atoms with E-state index in [-0.39, 0.29) is 12.0 Å². The molecule has 0 bridgehead atoms. The third-order valence-electron chi connectivity index (χ3n) is 3.52. The molecule has 88 valence electrons. The summed E-state index contributed by atoms with van der Waals surface area (Å²) in [7, 11) is 1.69. The summed E-state index contributed by atoms with van der Waals surface area (Å²) in [6.07, 6.45) is 0.879. The summed E-state index contributed by atoms with van der Waals surface area (Å²) in [6.45, 7) is 2.69. The van der Waals surface area contributed by atoms with Crippen molar-refractivity contribution >= 4 is 0 Å². The highest BCUT2D eigenvalue weighted by atomic mass is 16.5. The van der Waals surface area contributed by atoms with Crippen molar-refractivity contribution in [3.8, 4) is 0 Å². The smallest absolute Gasteiger partial charge is 0.0621 e. The number of hydrogen-bond donors (Lipinski definition) is 1. The predicted octanol–water partition coefficient (Wildman–Crippen LogP) is 2.43. The molecule has 1 saturated carbocycles. The molecule has 0 radical (unpaired) electrons. The van der Waals surface area contributed by atoms with Crippen LogP contribution in [0.1, 0.15) is 24.8 Å². The van der Waals surface area contributed by atoms with E-state index in [2.05, 4.69) is 31.2 Å². The minimum atomic E-state index is -0.231. The van der Waals surface area contributed by atoms with Gasteiger partial charge in [-0.3, -0.25) is 0 Å². The van der Waals surface area contributed by atoms with Crippen LogP contribution >= 0.6 is 0 Å². The zero-order valence-corrected chi connectivity index (χ0v) is 9.97. The molecule has 0 spiro atoms. The largest absolute Gasteiger partial charge is 0.392 e. The Hall–Kier alpha value is -0.860. The van der Waals surface area contributed by atoms with Crippen molar-refractivity contribution in [2.24, 2.45) is 11.8 Å². The maximum absolute atomic E-state index is 10.1. The minimum absolute atomic E-state index is 0.226. The van der Waals surface area contributed by atoms with Gasteiger partial charge in [0.1, 0.15) is 0 Å². The maximum Gasteiger partial charge on any atom is 0.0621 e. The maximum atomic E-state index is 10.1. The van der Waals surface area contributed by atoms with Crippen LogP contribution < -0.4 is 0 Å². The second kappa shape index (κ2) is 4.98. The van der Waals surface area contributed by atoms with Crippen molar-refractivity contribution < 1.29 is 9.84 Å². The van der Waals surface area contributed by atoms with Gasteiger partial charge < -0.3 is 9.84 Å². The van der Waals surface area contributed by atoms with Gasteiger partial charge in [-0.15, -0.1) is 0 Å². The van der Waals surface area contributed by atoms with Gasteiger partial charge in [0.05, 0.1) is 12.7 Å². The molecule has 0 aliphatic heterocycles. The Kier molecular flexibility index (Phi) is 3.62. The molecule has 1 aliphatic rings. The molecule has 1 N–H and O–H groups in total. The van der Waals surface area contributed by atoms with Crippen molar-refractivity contribution in [2.75, 3.05) is 13.7 Å². The van der Waals surface area contributed by atoms with Crippen molar-refractivity contribution in [1.82, 2.24) is 0 Å². The van der Waals surface area contributed by atoms with Crippen molar-refractivity contribution in [1.29, 1.82) is 0 Å². The van der Waals surface area contributed by atoms with E-state index in [9.17, 15) is 5.11 Å². The molecule has 0 saturated heterocycles. The SMILES string of the molecule is COCC(C)C(O)C1CC1c1ccccc1. The summed E-state index contributed by atoms with van der Waals surface area (Å²) in [6, 6.07) is 10.5. The van der Waals surface area contributed by atoms with Gasteiger partial charge in [0, 0.05) is 13.0 Å². The molecule has 1 fully saturated rings. The molecule has 2 heteroatoms. The van der Waals surface area contributed by atoms with Crippen molar-refractivity contribution in [3.05, 3.63) is 35.9 Å². The average molecular weight is 220 g/mol. The van der Waals surface area contributed by atoms with Crippen LogP contribution in [0.3, 0.4) is 0 Å². The van der Waals surface area contributed by atoms with Crippen LogP contribution in [0.25, 0.3) is 0 Å². The zero-order valence-electron chi connectivity index (χ0n) is 9.97. The van der Waals surface area contributed by atoms with Gasteiger partial charge >= 0.3 is 0 Å². The monoisotopic (exact) mass is 220 g/mol. The van der Waals surface area contributed by atoms with E-state index in [1.54, 1.807) is 7.11 Å². The summed E-state index contributed by atoms with van der Waals surface area (Å²) in [5.41, 5.74) is 1.36. The lowest BCUT2D eigenvalue weighted by Gasteiger charge is -2.18. The Balaban J connectivity index is 1.91. The molecule has 2 nitrogen and oxygen atoms in total. The molecular weight excluding hydrogens is 200 g/mol. The van der Waals surface area contributed by atoms with Crippen LogP contribution in [0.2, 0.25) is 0 Å². The molecule has 4 unspecified atom stereocenters. The normalized spacial score (nSPS) is 27.4. The fraction of sp³-hybridized carbons (Fsp3) is 0.571. The first kappa shape index (κ1) is 11.6. The highest BCUT2D eigenvalue weighted by Crippen LogP contribution is 2.50. The highest BCUT2D eigenvalue weighted by Gasteiger charge is 2.44. The van der Waals surface area contributed by atoms with Crippen LogP contribution in [0.5, 0.6) is 0 Å². The first-order valence-corrected chi connectivity index (χ1v) is 5.96. The Morgan fingerprint density at radius 2 is 2.06 bits per heavy atom. The molecule has 16 heavy (non-hydrogen) atoms. The molecule has 0 aromatic heterocycles. The number of methoxy groups -OCH3 is 1. The van der Waals surface area contributed by atoms with Crippen LogP contribution in [0.4, 0.5) is 0 Å². The Morgan fingerprint density at radius 3 is 2.69 bits per heavy atom. The Bertz CT molecular complexity index is 323. The van der Waals surface area contributed by atoms with Gasteiger partial charge in [0.25, 0.3) is 0 Å². The molecule has 4 atom stereocenters. The van der Waals surface area contributed by atoms with E-state index in [0.29, 0.717) is 18.4 Å². The molecule has 1 aromatic rings. The van der Waals surface area contributed by atoms with E-state index >= 15 is 0 Å². The summed E-state index contributed by atoms with van der Waals surface area (Å²) >= 11 is 0. The summed E-state index contributed by atoms with van der Waals surface area (Å²) < 4.78 is 5.08. The summed E-state index contributed by atoms with van der Waals surface area (Å²) in [4.78, 5) is 0. The zero-order chi connectivity index (χ0) is 11.5. The third-order valence-corrected chi connectivity index (χ3v) is 3.52. The Morgan fingerprint density at radius 1 is 1.38 bits per heavy atom. The lowest BCUT2D eigenvalue weighted by atomic mass is 9.98. The third kappa shape index (κ3) is 2.45. The number of aliphatic hydroxyl groups excluding tert-OH is 1. The first-order valence-electron chi connectivity index (χ1n) is 5.96. The second-order valence-corrected chi connectivity index (χ2v) is 4.84. The van der Waals surface area contributed by atoms with E-state index in [4.69, 9.17) is 4.74 Å². The van der Waals surface area contributed by atoms with Gasteiger partial charge in [0.15, 0.2) is 0 Å². The summed E-state index contributed by atoms with van der Waals surface area (Å²) in [5, 5.41) is 10.1. The number of aliphatic hydroxyl groups is 1. The van der Waals surface area contributed by atoms with Gasteiger partial charge in [-0.2, -0.15) is 0 Å². The average Bonchev–Trinajstić information content (AvgIpc) is 3.09. The minimum Gasteiger partial charge on any atom is -0.392 e. The quantitative estimate of drug-likeness (QED) is 0.826. The summed E-state index contributed by atoms with van der Waals surface area (Å²) in [5.74, 6) is 1.20. The van der Waals surface area contributed by atoms with E-state index < -0.39 is 0 Å². The lowest BCUT2D eigenvalue weighted by Crippen LogP contribution is -2.24. The van der Waals surface area contributed by atoms with Gasteiger partial charge in [-0.25, -0.2) is 0 Å². The van der Waals surface area contributed by atoms with Crippen molar-refractivity contribution in [3.63, 3.8) is 0 Å². The first-order chi connectivity index (χ1) is 7.74. The topological polar surface area (TPSA) is 29.5 Å². The molecular formula is C14H20O2. The molecule has 1 aliphatic carbocycles. The lowest BCUT2D eigenvalue weighted by molar-refractivity contribution is 0.0423. The molecule has 2 rings (SSSR count). The van der Waals surface area contributed by atoms with E-state index in [0.717, 1.165) is 6.42 Å². The van der Waals surface area contributed by atoms with Gasteiger partial charge in [0.2, 0.25) is 0 Å². The van der Waals surface area contributed by atoms with Crippen molar-refractivity contribution in [2.45, 2.75) is 25.4 Å². The fourth-order valence-corrected chi connectivity index (χ4v) is 2.46. The standard InChI is InChI=1S/C14H20O2/c1-10(9-16-2)14(15)13-8-12(13)11-6-4-3-5-7-11/h3-7,10,12-15H,8-9H2,1-2H3. The molecule has 0 heterocycles. The highest BCUT2D eigenvalue weighted by molar-refractivity contribution is 5.26. The predicted molar refractivity (Wildman–Crippen MR) is 64.3 cm³/mol. The van der Waals surface area contributed by atoms with Crippen LogP contribution in [0, 0.1) is 11.8 Å². The van der Waals surface area contributed by atoms with E-state index in [1.165, 1.54) is 5.56 Å². The molecule has 1 aromatic carbocycles. The van der Waals surface area contributed by atoms with Crippen LogP contribution in [-0.4, -0.2) is 24.9 Å². The number of hydrogen-bond acceptors (Lipinski definition) is 2. The molecule has 0 amide bonds. The van der Waals surface area contributed by atoms with Gasteiger partial charge in [-0.1, -0.05) is 37.3 Å².